The van der Waals surface area contributed by atoms with Crippen molar-refractivity contribution in [1.29, 1.82) is 0 Å². The van der Waals surface area contributed by atoms with Crippen LogP contribution < -0.4 is 5.41 Å². The van der Waals surface area contributed by atoms with Crippen LogP contribution in [0, 0.1) is 6.58 Å². The maximum absolute atomic E-state index is 7.57. The quantitative estimate of drug-likeness (QED) is 0.371. The minimum absolute atomic E-state index is 0.778. The molecule has 0 aromatic rings. The first kappa shape index (κ1) is 3.41. The predicted molar refractivity (Wildman–Crippen MR) is 17.1 cm³/mol. The van der Waals surface area contributed by atoms with Gasteiger partial charge in [-0.05, 0) is 6.08 Å². The van der Waals surface area contributed by atoms with E-state index < -0.39 is 0 Å². The number of hydrogen-bond acceptors (Lipinski definition) is 0. The van der Waals surface area contributed by atoms with Gasteiger partial charge in [0.25, 0.3) is 0 Å². The van der Waals surface area contributed by atoms with Gasteiger partial charge in [-0.1, -0.05) is 6.58 Å². The Morgan fingerprint density at radius 3 is 2.00 bits per heavy atom. The molecular formula is C3H3N. The molecule has 0 aliphatic carbocycles. The van der Waals surface area contributed by atoms with Gasteiger partial charge in [-0.3, -0.25) is 0 Å². The summed E-state index contributed by atoms with van der Waals surface area (Å²) >= 11 is 0. The van der Waals surface area contributed by atoms with Crippen LogP contribution >= 0.6 is 0 Å². The summed E-state index contributed by atoms with van der Waals surface area (Å²) in [4.78, 5) is 0. The lowest BCUT2D eigenvalue weighted by molar-refractivity contribution is 1.91. The number of allylic oxidation sites excluding steroid dienone is 1. The van der Waals surface area contributed by atoms with Gasteiger partial charge in [-0.2, -0.15) is 5.41 Å². The topological polar surface area (TPSA) is 22.3 Å². The second-order valence-electron chi connectivity index (χ2n) is 0.342. The maximum atomic E-state index is 7.57. The van der Waals surface area contributed by atoms with Crippen LogP contribution in [0.1, 0.15) is 0 Å². The highest BCUT2D eigenvalue weighted by Gasteiger charge is 1.35. The van der Waals surface area contributed by atoms with Crippen molar-refractivity contribution < 1.29 is 0 Å². The van der Waals surface area contributed by atoms with E-state index in [-0.39, 0.29) is 0 Å². The fourth-order valence-electron chi connectivity index (χ4n) is 0. The lowest BCUT2D eigenvalue weighted by Gasteiger charge is -1.39. The summed E-state index contributed by atoms with van der Waals surface area (Å²) in [5.74, 6) is 0. The fraction of sp³-hybridized carbons (Fsp3) is 0. The first-order valence-corrected chi connectivity index (χ1v) is 0.925. The van der Waals surface area contributed by atoms with Crippen LogP contribution in [0.5, 0.6) is 0 Å². The summed E-state index contributed by atoms with van der Waals surface area (Å²) in [6.07, 6.45) is 1.83. The number of hydrogen-bond donors (Lipinski definition) is 0. The van der Waals surface area contributed by atoms with Crippen molar-refractivity contribution >= 4 is 6.21 Å². The minimum Gasteiger partial charge on any atom is -0.159 e. The van der Waals surface area contributed by atoms with E-state index in [0.717, 1.165) is 12.3 Å². The molecule has 0 spiro atoms. The van der Waals surface area contributed by atoms with Crippen LogP contribution in [0.2, 0.25) is 0 Å². The Morgan fingerprint density at radius 1 is 1.75 bits per heavy atom. The van der Waals surface area contributed by atoms with E-state index in [2.05, 4.69) is 6.58 Å². The van der Waals surface area contributed by atoms with Gasteiger partial charge in [0.2, 0.25) is 0 Å². The number of nitrogens with zero attached hydrogens (tertiary/aromatic N) is 1. The smallest absolute Gasteiger partial charge is 0.0495 e. The van der Waals surface area contributed by atoms with Crippen molar-refractivity contribution in [2.75, 3.05) is 0 Å². The molecular weight excluding hydrogens is 50.0 g/mol. The summed E-state index contributed by atoms with van der Waals surface area (Å²) in [6, 6.07) is 0. The van der Waals surface area contributed by atoms with Gasteiger partial charge < -0.3 is 0 Å². The van der Waals surface area contributed by atoms with E-state index >= 15 is 0 Å². The zero-order valence-corrected chi connectivity index (χ0v) is 2.18. The molecule has 0 bridgehead atoms. The normalized spacial score (nSPS) is 5.00. The Kier molecular flexibility index (Phi) is 2.05. The molecule has 0 heterocycles. The van der Waals surface area contributed by atoms with E-state index in [1.165, 1.54) is 0 Å². The molecule has 0 rings (SSSR count). The minimum atomic E-state index is 0.778. The van der Waals surface area contributed by atoms with Gasteiger partial charge in [0, 0.05) is 6.21 Å². The zero-order valence-electron chi connectivity index (χ0n) is 2.18. The Morgan fingerprint density at radius 2 is 2.00 bits per heavy atom. The van der Waals surface area contributed by atoms with E-state index in [0.29, 0.717) is 0 Å². The highest BCUT2D eigenvalue weighted by atomic mass is 14.3. The third-order valence-electron chi connectivity index (χ3n) is 0.0861. The fourth-order valence-corrected chi connectivity index (χ4v) is 0. The van der Waals surface area contributed by atoms with Crippen LogP contribution in [0.3, 0.4) is 0 Å². The van der Waals surface area contributed by atoms with E-state index in [4.69, 9.17) is 5.41 Å². The van der Waals surface area contributed by atoms with Crippen LogP contribution in [0.15, 0.2) is 6.08 Å². The summed E-state index contributed by atoms with van der Waals surface area (Å²) in [6.45, 7) is 4.60. The molecule has 0 unspecified atom stereocenters. The van der Waals surface area contributed by atoms with Crippen molar-refractivity contribution in [3.05, 3.63) is 12.7 Å². The standard InChI is InChI=1S/C3H3N/c1-2-3-4/h1-3H. The van der Waals surface area contributed by atoms with Gasteiger partial charge in [0.05, 0.1) is 0 Å². The SMILES string of the molecule is [CH]=CC=[N]. The second-order valence-corrected chi connectivity index (χ2v) is 0.342. The van der Waals surface area contributed by atoms with Crippen LogP contribution in [-0.4, -0.2) is 6.21 Å². The van der Waals surface area contributed by atoms with Crippen LogP contribution in [0.25, 0.3) is 0 Å². The van der Waals surface area contributed by atoms with Crippen molar-refractivity contribution in [2.24, 2.45) is 0 Å². The first-order valence-electron chi connectivity index (χ1n) is 0.925. The summed E-state index contributed by atoms with van der Waals surface area (Å²) in [7, 11) is 0. The molecule has 0 fully saturated rings. The molecule has 0 N–H and O–H groups in total. The molecule has 1 nitrogen and oxygen atoms in total. The van der Waals surface area contributed by atoms with Crippen LogP contribution in [-0.2, 0) is 0 Å². The largest absolute Gasteiger partial charge is 0.159 e. The summed E-state index contributed by atoms with van der Waals surface area (Å²) < 4.78 is 0. The first-order chi connectivity index (χ1) is 1.91. The Hall–Kier alpha value is -0.590. The molecule has 2 radical (unpaired) electrons. The van der Waals surface area contributed by atoms with Crippen LogP contribution in [0.4, 0.5) is 0 Å². The van der Waals surface area contributed by atoms with Crippen molar-refractivity contribution in [1.82, 2.24) is 5.41 Å². The van der Waals surface area contributed by atoms with E-state index in [1.807, 2.05) is 0 Å². The predicted octanol–water partition coefficient (Wildman–Crippen LogP) is -0.154. The molecule has 0 aliphatic heterocycles. The molecule has 0 saturated heterocycles. The molecule has 0 amide bonds. The molecule has 20 valence electrons. The highest BCUT2D eigenvalue weighted by Crippen LogP contribution is 1.32. The van der Waals surface area contributed by atoms with Crippen molar-refractivity contribution in [3.8, 4) is 0 Å². The zero-order chi connectivity index (χ0) is 3.41. The van der Waals surface area contributed by atoms with Crippen molar-refractivity contribution in [2.45, 2.75) is 0 Å². The van der Waals surface area contributed by atoms with Gasteiger partial charge in [0.15, 0.2) is 0 Å². The third kappa shape index (κ3) is 1.41. The second kappa shape index (κ2) is 2.41. The lowest BCUT2D eigenvalue weighted by Crippen LogP contribution is -1.51. The number of rotatable bonds is 1. The Balaban J connectivity index is 2.73. The maximum Gasteiger partial charge on any atom is 0.0495 e. The summed E-state index contributed by atoms with van der Waals surface area (Å²) in [5, 5.41) is 7.57. The molecule has 0 atom stereocenters. The summed E-state index contributed by atoms with van der Waals surface area (Å²) in [5.41, 5.74) is 0. The molecule has 4 heavy (non-hydrogen) atoms. The van der Waals surface area contributed by atoms with Gasteiger partial charge in [0.1, 0.15) is 0 Å². The average Bonchev–Trinajstić information content (AvgIpc) is 1.37. The molecule has 0 aromatic heterocycles. The van der Waals surface area contributed by atoms with Gasteiger partial charge in [-0.25, -0.2) is 0 Å². The average molecular weight is 53.1 g/mol. The van der Waals surface area contributed by atoms with Gasteiger partial charge in [-0.15, -0.1) is 0 Å². The van der Waals surface area contributed by atoms with E-state index in [1.54, 1.807) is 0 Å². The van der Waals surface area contributed by atoms with Crippen molar-refractivity contribution in [3.63, 3.8) is 0 Å². The molecule has 1 heteroatoms. The highest BCUT2D eigenvalue weighted by molar-refractivity contribution is 5.66. The third-order valence-corrected chi connectivity index (χ3v) is 0.0861. The lowest BCUT2D eigenvalue weighted by atomic mass is 10.7. The van der Waals surface area contributed by atoms with Gasteiger partial charge >= 0.3 is 0 Å². The monoisotopic (exact) mass is 53.0 g/mol. The van der Waals surface area contributed by atoms with E-state index in [9.17, 15) is 0 Å². The molecule has 0 saturated carbocycles. The Bertz CT molecular complexity index is 24.3. The molecule has 0 aromatic carbocycles. The Labute approximate surface area is 25.5 Å². The molecule has 0 aliphatic rings.